The largest absolute Gasteiger partial charge is 0.341 e. The van der Waals surface area contributed by atoms with E-state index in [1.807, 2.05) is 61.5 Å². The molecular weight excluding hydrogens is 384 g/mol. The highest BCUT2D eigenvalue weighted by molar-refractivity contribution is 7.89. The minimum Gasteiger partial charge on any atom is -0.341 e. The molecule has 29 heavy (non-hydrogen) atoms. The van der Waals surface area contributed by atoms with E-state index in [9.17, 15) is 13.2 Å². The highest BCUT2D eigenvalue weighted by Crippen LogP contribution is 2.23. The fourth-order valence-corrected chi connectivity index (χ4v) is 3.93. The number of carbonyl (C=O) groups excluding carboxylic acids is 1. The Bertz CT molecular complexity index is 1090. The minimum atomic E-state index is -3.62. The predicted molar refractivity (Wildman–Crippen MR) is 114 cm³/mol. The van der Waals surface area contributed by atoms with E-state index < -0.39 is 10.0 Å². The molecule has 0 spiro atoms. The van der Waals surface area contributed by atoms with Crippen molar-refractivity contribution in [3.63, 3.8) is 0 Å². The Labute approximate surface area is 172 Å². The second-order valence-corrected chi connectivity index (χ2v) is 9.19. The Morgan fingerprint density at radius 1 is 0.862 bits per heavy atom. The van der Waals surface area contributed by atoms with Crippen molar-refractivity contribution in [1.82, 2.24) is 9.62 Å². The van der Waals surface area contributed by atoms with Crippen LogP contribution in [0.3, 0.4) is 0 Å². The van der Waals surface area contributed by atoms with Crippen LogP contribution in [0.4, 0.5) is 0 Å². The van der Waals surface area contributed by atoms with Crippen LogP contribution in [0.25, 0.3) is 0 Å². The second kappa shape index (κ2) is 8.59. The molecule has 0 heterocycles. The molecule has 0 aromatic heterocycles. The van der Waals surface area contributed by atoms with Crippen molar-refractivity contribution in [2.45, 2.75) is 17.9 Å². The second-order valence-electron chi connectivity index (χ2n) is 7.04. The molecule has 0 fully saturated rings. The number of hydrogen-bond donors (Lipinski definition) is 1. The van der Waals surface area contributed by atoms with E-state index in [2.05, 4.69) is 5.32 Å². The first-order valence-corrected chi connectivity index (χ1v) is 10.7. The van der Waals surface area contributed by atoms with Gasteiger partial charge in [0.25, 0.3) is 5.91 Å². The van der Waals surface area contributed by atoms with Crippen molar-refractivity contribution in [2.24, 2.45) is 0 Å². The number of sulfonamides is 1. The van der Waals surface area contributed by atoms with Gasteiger partial charge in [-0.05, 0) is 36.2 Å². The Balaban J connectivity index is 1.94. The van der Waals surface area contributed by atoms with Gasteiger partial charge in [-0.15, -0.1) is 0 Å². The minimum absolute atomic E-state index is 0.0850. The molecule has 150 valence electrons. The summed E-state index contributed by atoms with van der Waals surface area (Å²) in [6.07, 6.45) is 0. The van der Waals surface area contributed by atoms with Crippen molar-refractivity contribution < 1.29 is 13.2 Å². The summed E-state index contributed by atoms with van der Waals surface area (Å²) in [5, 5.41) is 3.05. The maximum absolute atomic E-state index is 13.0. The van der Waals surface area contributed by atoms with Gasteiger partial charge in [0.05, 0.1) is 10.9 Å². The summed E-state index contributed by atoms with van der Waals surface area (Å²) in [7, 11) is -0.691. The number of amides is 1. The number of nitrogens with one attached hydrogen (secondary N) is 1. The molecule has 0 saturated carbocycles. The molecule has 6 heteroatoms. The van der Waals surface area contributed by atoms with E-state index in [0.717, 1.165) is 21.0 Å². The van der Waals surface area contributed by atoms with Gasteiger partial charge < -0.3 is 5.32 Å². The third kappa shape index (κ3) is 4.72. The molecular formula is C23H24N2O3S. The van der Waals surface area contributed by atoms with Crippen LogP contribution in [0, 0.1) is 6.92 Å². The SMILES string of the molecule is Cc1ccc([C@H](NC(=O)c2cccc(S(=O)(=O)N(C)C)c2)c2ccccc2)cc1. The third-order valence-electron chi connectivity index (χ3n) is 4.69. The lowest BCUT2D eigenvalue weighted by Crippen LogP contribution is -2.29. The highest BCUT2D eigenvalue weighted by Gasteiger charge is 2.21. The Hall–Kier alpha value is -2.96. The van der Waals surface area contributed by atoms with Gasteiger partial charge >= 0.3 is 0 Å². The Kier molecular flexibility index (Phi) is 6.15. The number of carbonyl (C=O) groups is 1. The van der Waals surface area contributed by atoms with Crippen molar-refractivity contribution in [3.8, 4) is 0 Å². The molecule has 0 aliphatic carbocycles. The summed E-state index contributed by atoms with van der Waals surface area (Å²) >= 11 is 0. The molecule has 3 aromatic rings. The molecule has 1 N–H and O–H groups in total. The van der Waals surface area contributed by atoms with Crippen molar-refractivity contribution in [1.29, 1.82) is 0 Å². The summed E-state index contributed by atoms with van der Waals surface area (Å²) in [6.45, 7) is 2.01. The van der Waals surface area contributed by atoms with E-state index in [-0.39, 0.29) is 16.8 Å². The van der Waals surface area contributed by atoms with Crippen LogP contribution in [0.1, 0.15) is 33.1 Å². The molecule has 1 atom stereocenters. The smallest absolute Gasteiger partial charge is 0.252 e. The van der Waals surface area contributed by atoms with Gasteiger partial charge in [-0.25, -0.2) is 12.7 Å². The van der Waals surface area contributed by atoms with Gasteiger partial charge in [-0.2, -0.15) is 0 Å². The number of aryl methyl sites for hydroxylation is 1. The summed E-state index contributed by atoms with van der Waals surface area (Å²) < 4.78 is 25.9. The number of benzene rings is 3. The summed E-state index contributed by atoms with van der Waals surface area (Å²) in [5.41, 5.74) is 3.32. The number of nitrogens with zero attached hydrogens (tertiary/aromatic N) is 1. The third-order valence-corrected chi connectivity index (χ3v) is 6.50. The molecule has 1 amide bonds. The van der Waals surface area contributed by atoms with Gasteiger partial charge in [0.15, 0.2) is 0 Å². The fraction of sp³-hybridized carbons (Fsp3) is 0.174. The zero-order valence-corrected chi connectivity index (χ0v) is 17.5. The first kappa shape index (κ1) is 20.8. The normalized spacial score (nSPS) is 12.6. The lowest BCUT2D eigenvalue weighted by atomic mass is 9.97. The van der Waals surface area contributed by atoms with Crippen molar-refractivity contribution in [2.75, 3.05) is 14.1 Å². The number of hydrogen-bond acceptors (Lipinski definition) is 3. The maximum Gasteiger partial charge on any atom is 0.252 e. The van der Waals surface area contributed by atoms with Gasteiger partial charge in [0.2, 0.25) is 10.0 Å². The van der Waals surface area contributed by atoms with Crippen molar-refractivity contribution >= 4 is 15.9 Å². The van der Waals surface area contributed by atoms with Gasteiger partial charge in [0, 0.05) is 19.7 Å². The Morgan fingerprint density at radius 3 is 2.10 bits per heavy atom. The number of rotatable bonds is 6. The van der Waals surface area contributed by atoms with Crippen LogP contribution in [-0.4, -0.2) is 32.7 Å². The first-order valence-electron chi connectivity index (χ1n) is 9.24. The van der Waals surface area contributed by atoms with Gasteiger partial charge in [0.1, 0.15) is 0 Å². The molecule has 5 nitrogen and oxygen atoms in total. The van der Waals surface area contributed by atoms with Crippen molar-refractivity contribution in [3.05, 3.63) is 101 Å². The molecule has 0 aliphatic heterocycles. The lowest BCUT2D eigenvalue weighted by Gasteiger charge is -2.20. The van der Waals surface area contributed by atoms with Gasteiger partial charge in [-0.1, -0.05) is 66.2 Å². The topological polar surface area (TPSA) is 66.5 Å². The lowest BCUT2D eigenvalue weighted by molar-refractivity contribution is 0.0942. The molecule has 3 aromatic carbocycles. The van der Waals surface area contributed by atoms with Crippen LogP contribution in [0.5, 0.6) is 0 Å². The summed E-state index contributed by atoms with van der Waals surface area (Å²) in [5.74, 6) is -0.338. The summed E-state index contributed by atoms with van der Waals surface area (Å²) in [6, 6.07) is 23.4. The Morgan fingerprint density at radius 2 is 1.48 bits per heavy atom. The van der Waals surface area contributed by atoms with Crippen LogP contribution in [0.2, 0.25) is 0 Å². The van der Waals surface area contributed by atoms with Crippen LogP contribution >= 0.6 is 0 Å². The van der Waals surface area contributed by atoms with Crippen LogP contribution < -0.4 is 5.32 Å². The fourth-order valence-electron chi connectivity index (χ4n) is 2.99. The van der Waals surface area contributed by atoms with E-state index in [1.54, 1.807) is 12.1 Å². The van der Waals surface area contributed by atoms with E-state index in [4.69, 9.17) is 0 Å². The monoisotopic (exact) mass is 408 g/mol. The zero-order chi connectivity index (χ0) is 21.0. The molecule has 0 aliphatic rings. The summed E-state index contributed by atoms with van der Waals surface area (Å²) in [4.78, 5) is 13.1. The maximum atomic E-state index is 13.0. The highest BCUT2D eigenvalue weighted by atomic mass is 32.2. The molecule has 0 radical (unpaired) electrons. The predicted octanol–water partition coefficient (Wildman–Crippen LogP) is 3.76. The van der Waals surface area contributed by atoms with Crippen LogP contribution in [-0.2, 0) is 10.0 Å². The van der Waals surface area contributed by atoms with E-state index in [1.165, 1.54) is 26.2 Å². The standard InChI is InChI=1S/C23H24N2O3S/c1-17-12-14-19(15-13-17)22(18-8-5-4-6-9-18)24-23(26)20-10-7-11-21(16-20)29(27,28)25(2)3/h4-16,22H,1-3H3,(H,24,26)/t22-/m1/s1. The quantitative estimate of drug-likeness (QED) is 0.675. The molecule has 3 rings (SSSR count). The van der Waals surface area contributed by atoms with Gasteiger partial charge in [-0.3, -0.25) is 4.79 Å². The molecule has 0 saturated heterocycles. The average Bonchev–Trinajstić information content (AvgIpc) is 2.73. The van der Waals surface area contributed by atoms with E-state index >= 15 is 0 Å². The molecule has 0 bridgehead atoms. The van der Waals surface area contributed by atoms with Crippen LogP contribution in [0.15, 0.2) is 83.8 Å². The first-order chi connectivity index (χ1) is 13.8. The molecule has 0 unspecified atom stereocenters. The zero-order valence-electron chi connectivity index (χ0n) is 16.7. The van der Waals surface area contributed by atoms with E-state index in [0.29, 0.717) is 5.56 Å². The average molecular weight is 409 g/mol.